The average Bonchev–Trinajstić information content (AvgIpc) is 2.70. The minimum absolute atomic E-state index is 0.181. The van der Waals surface area contributed by atoms with Gasteiger partial charge in [-0.3, -0.25) is 9.78 Å². The van der Waals surface area contributed by atoms with Crippen LogP contribution in [0.25, 0.3) is 10.8 Å². The van der Waals surface area contributed by atoms with Gasteiger partial charge in [0, 0.05) is 12.7 Å². The van der Waals surface area contributed by atoms with Crippen molar-refractivity contribution in [3.63, 3.8) is 0 Å². The minimum atomic E-state index is -3.76. The first-order valence-corrected chi connectivity index (χ1v) is 10.1. The van der Waals surface area contributed by atoms with Crippen LogP contribution in [0.5, 0.6) is 0 Å². The van der Waals surface area contributed by atoms with E-state index >= 15 is 0 Å². The Morgan fingerprint density at radius 1 is 1.04 bits per heavy atom. The lowest BCUT2D eigenvalue weighted by atomic mass is 10.1. The molecule has 0 aliphatic heterocycles. The SMILES string of the molecule is CCN(CC(=O)NCc1ccccn1)S(=O)(=O)c1ccc2ccccc2c1. The van der Waals surface area contributed by atoms with Gasteiger partial charge in [-0.05, 0) is 35.0 Å². The van der Waals surface area contributed by atoms with Crippen LogP contribution in [0.4, 0.5) is 0 Å². The Labute approximate surface area is 158 Å². The highest BCUT2D eigenvalue weighted by molar-refractivity contribution is 7.89. The number of nitrogens with one attached hydrogen (secondary N) is 1. The molecule has 0 atom stereocenters. The Morgan fingerprint density at radius 3 is 2.48 bits per heavy atom. The first-order chi connectivity index (χ1) is 13.0. The molecule has 7 heteroatoms. The molecule has 0 bridgehead atoms. The van der Waals surface area contributed by atoms with Gasteiger partial charge in [0.05, 0.1) is 23.7 Å². The second kappa shape index (κ2) is 8.28. The number of carbonyl (C=O) groups is 1. The lowest BCUT2D eigenvalue weighted by molar-refractivity contribution is -0.121. The molecule has 1 amide bonds. The van der Waals surface area contributed by atoms with Gasteiger partial charge in [-0.15, -0.1) is 0 Å². The average molecular weight is 383 g/mol. The number of likely N-dealkylation sites (N-methyl/N-ethyl adjacent to an activating group) is 1. The van der Waals surface area contributed by atoms with Gasteiger partial charge in [0.15, 0.2) is 0 Å². The monoisotopic (exact) mass is 383 g/mol. The second-order valence-electron chi connectivity index (χ2n) is 6.04. The third-order valence-electron chi connectivity index (χ3n) is 4.22. The standard InChI is InChI=1S/C20H21N3O3S/c1-2-23(15-20(24)22-14-18-9-5-6-12-21-18)27(25,26)19-11-10-16-7-3-4-8-17(16)13-19/h3-13H,2,14-15H2,1H3,(H,22,24). The number of rotatable bonds is 7. The van der Waals surface area contributed by atoms with E-state index in [1.807, 2.05) is 30.3 Å². The Morgan fingerprint density at radius 2 is 1.78 bits per heavy atom. The van der Waals surface area contributed by atoms with Crippen LogP contribution in [0.2, 0.25) is 0 Å². The van der Waals surface area contributed by atoms with Crippen molar-refractivity contribution in [1.82, 2.24) is 14.6 Å². The molecule has 1 heterocycles. The first kappa shape index (κ1) is 19.0. The van der Waals surface area contributed by atoms with Crippen molar-refractivity contribution in [3.8, 4) is 0 Å². The Hall–Kier alpha value is -2.77. The van der Waals surface area contributed by atoms with Gasteiger partial charge in [-0.1, -0.05) is 43.3 Å². The van der Waals surface area contributed by atoms with Gasteiger partial charge in [0.2, 0.25) is 15.9 Å². The van der Waals surface area contributed by atoms with Crippen molar-refractivity contribution in [2.45, 2.75) is 18.4 Å². The van der Waals surface area contributed by atoms with E-state index in [0.29, 0.717) is 5.69 Å². The maximum atomic E-state index is 13.0. The van der Waals surface area contributed by atoms with Crippen molar-refractivity contribution >= 4 is 26.7 Å². The maximum Gasteiger partial charge on any atom is 0.243 e. The number of hydrogen-bond donors (Lipinski definition) is 1. The zero-order valence-electron chi connectivity index (χ0n) is 15.0. The molecule has 0 aliphatic rings. The summed E-state index contributed by atoms with van der Waals surface area (Å²) in [6.07, 6.45) is 1.64. The molecule has 2 aromatic carbocycles. The molecule has 27 heavy (non-hydrogen) atoms. The molecule has 0 aliphatic carbocycles. The van der Waals surface area contributed by atoms with Crippen LogP contribution in [-0.2, 0) is 21.4 Å². The summed E-state index contributed by atoms with van der Waals surface area (Å²) in [6.45, 7) is 1.93. The van der Waals surface area contributed by atoms with Gasteiger partial charge in [-0.2, -0.15) is 4.31 Å². The molecular formula is C20H21N3O3S. The van der Waals surface area contributed by atoms with Crippen LogP contribution in [0.3, 0.4) is 0 Å². The van der Waals surface area contributed by atoms with Crippen molar-refractivity contribution in [1.29, 1.82) is 0 Å². The third kappa shape index (κ3) is 4.50. The van der Waals surface area contributed by atoms with Crippen molar-refractivity contribution in [2.75, 3.05) is 13.1 Å². The number of sulfonamides is 1. The van der Waals surface area contributed by atoms with Crippen LogP contribution < -0.4 is 5.32 Å². The maximum absolute atomic E-state index is 13.0. The number of nitrogens with zero attached hydrogens (tertiary/aromatic N) is 2. The third-order valence-corrected chi connectivity index (χ3v) is 6.14. The molecule has 1 N–H and O–H groups in total. The number of benzene rings is 2. The van der Waals surface area contributed by atoms with E-state index in [2.05, 4.69) is 10.3 Å². The van der Waals surface area contributed by atoms with Crippen LogP contribution in [0.15, 0.2) is 71.8 Å². The van der Waals surface area contributed by atoms with Gasteiger partial charge in [0.25, 0.3) is 0 Å². The van der Waals surface area contributed by atoms with E-state index in [-0.39, 0.29) is 30.4 Å². The van der Waals surface area contributed by atoms with Crippen LogP contribution >= 0.6 is 0 Å². The van der Waals surface area contributed by atoms with Gasteiger partial charge >= 0.3 is 0 Å². The predicted molar refractivity (Wildman–Crippen MR) is 104 cm³/mol. The number of pyridine rings is 1. The van der Waals surface area contributed by atoms with Crippen LogP contribution in [0, 0.1) is 0 Å². The second-order valence-corrected chi connectivity index (χ2v) is 7.98. The highest BCUT2D eigenvalue weighted by atomic mass is 32.2. The number of hydrogen-bond acceptors (Lipinski definition) is 4. The highest BCUT2D eigenvalue weighted by Crippen LogP contribution is 2.21. The molecule has 0 fully saturated rings. The molecule has 1 aromatic heterocycles. The predicted octanol–water partition coefficient (Wildman–Crippen LogP) is 2.56. The molecule has 0 saturated heterocycles. The molecule has 3 rings (SSSR count). The van der Waals surface area contributed by atoms with Crippen LogP contribution in [0.1, 0.15) is 12.6 Å². The normalized spacial score (nSPS) is 11.6. The topological polar surface area (TPSA) is 79.4 Å². The molecule has 3 aromatic rings. The molecule has 0 unspecified atom stereocenters. The molecule has 0 radical (unpaired) electrons. The molecule has 0 saturated carbocycles. The van der Waals surface area contributed by atoms with Crippen LogP contribution in [-0.4, -0.2) is 36.7 Å². The minimum Gasteiger partial charge on any atom is -0.349 e. The van der Waals surface area contributed by atoms with E-state index in [1.165, 1.54) is 4.31 Å². The summed E-state index contributed by atoms with van der Waals surface area (Å²) >= 11 is 0. The number of aromatic nitrogens is 1. The molecule has 6 nitrogen and oxygen atoms in total. The quantitative estimate of drug-likeness (QED) is 0.680. The summed E-state index contributed by atoms with van der Waals surface area (Å²) in [5.41, 5.74) is 0.714. The first-order valence-electron chi connectivity index (χ1n) is 8.66. The summed E-state index contributed by atoms with van der Waals surface area (Å²) < 4.78 is 27.1. The number of fused-ring (bicyclic) bond motifs is 1. The lowest BCUT2D eigenvalue weighted by Gasteiger charge is -2.20. The number of carbonyl (C=O) groups excluding carboxylic acids is 1. The van der Waals surface area contributed by atoms with Crippen molar-refractivity contribution < 1.29 is 13.2 Å². The largest absolute Gasteiger partial charge is 0.349 e. The molecule has 140 valence electrons. The summed E-state index contributed by atoms with van der Waals surface area (Å²) in [7, 11) is -3.76. The van der Waals surface area contributed by atoms with Crippen molar-refractivity contribution in [2.24, 2.45) is 0 Å². The van der Waals surface area contributed by atoms with E-state index in [1.54, 1.807) is 43.5 Å². The van der Waals surface area contributed by atoms with Gasteiger partial charge < -0.3 is 5.32 Å². The fraction of sp³-hybridized carbons (Fsp3) is 0.200. The fourth-order valence-corrected chi connectivity index (χ4v) is 4.19. The van der Waals surface area contributed by atoms with E-state index in [0.717, 1.165) is 10.8 Å². The lowest BCUT2D eigenvalue weighted by Crippen LogP contribution is -2.40. The van der Waals surface area contributed by atoms with Crippen molar-refractivity contribution in [3.05, 3.63) is 72.6 Å². The van der Waals surface area contributed by atoms with E-state index in [9.17, 15) is 13.2 Å². The summed E-state index contributed by atoms with van der Waals surface area (Å²) in [6, 6.07) is 18.0. The van der Waals surface area contributed by atoms with E-state index in [4.69, 9.17) is 0 Å². The molecule has 0 spiro atoms. The number of amides is 1. The van der Waals surface area contributed by atoms with E-state index < -0.39 is 10.0 Å². The Bertz CT molecular complexity index is 1040. The Balaban J connectivity index is 1.73. The van der Waals surface area contributed by atoms with Gasteiger partial charge in [0.1, 0.15) is 0 Å². The zero-order chi connectivity index (χ0) is 19.3. The fourth-order valence-electron chi connectivity index (χ4n) is 2.75. The summed E-state index contributed by atoms with van der Waals surface area (Å²) in [4.78, 5) is 16.5. The zero-order valence-corrected chi connectivity index (χ0v) is 15.8. The Kier molecular flexibility index (Phi) is 5.83. The summed E-state index contributed by atoms with van der Waals surface area (Å²) in [5, 5.41) is 4.52. The summed E-state index contributed by atoms with van der Waals surface area (Å²) in [5.74, 6) is -0.369. The highest BCUT2D eigenvalue weighted by Gasteiger charge is 2.25. The smallest absolute Gasteiger partial charge is 0.243 e. The van der Waals surface area contributed by atoms with Gasteiger partial charge in [-0.25, -0.2) is 8.42 Å². The molecular weight excluding hydrogens is 362 g/mol.